The second-order valence-corrected chi connectivity index (χ2v) is 6.79. The van der Waals surface area contributed by atoms with Crippen molar-refractivity contribution in [1.29, 1.82) is 0 Å². The quantitative estimate of drug-likeness (QED) is 0.702. The smallest absolute Gasteiger partial charge is 0.0444 e. The van der Waals surface area contributed by atoms with Crippen LogP contribution in [0.2, 0.25) is 5.02 Å². The third-order valence-corrected chi connectivity index (χ3v) is 5.70. The first-order valence-corrected chi connectivity index (χ1v) is 8.17. The van der Waals surface area contributed by atoms with Gasteiger partial charge in [-0.15, -0.1) is 12.4 Å². The van der Waals surface area contributed by atoms with Gasteiger partial charge in [0.1, 0.15) is 0 Å². The van der Waals surface area contributed by atoms with Gasteiger partial charge >= 0.3 is 0 Å². The Morgan fingerprint density at radius 2 is 1.59 bits per heavy atom. The van der Waals surface area contributed by atoms with Crippen LogP contribution in [-0.2, 0) is 0 Å². The molecule has 0 bridgehead atoms. The fourth-order valence-electron chi connectivity index (χ4n) is 4.30. The highest BCUT2D eigenvalue weighted by Gasteiger charge is 2.41. The molecule has 3 heteroatoms. The lowest BCUT2D eigenvalue weighted by Gasteiger charge is -2.37. The van der Waals surface area contributed by atoms with Crippen molar-refractivity contribution >= 4 is 24.0 Å². The lowest BCUT2D eigenvalue weighted by Crippen LogP contribution is -2.34. The van der Waals surface area contributed by atoms with Crippen LogP contribution in [0.4, 0.5) is 0 Å². The van der Waals surface area contributed by atoms with Gasteiger partial charge in [-0.1, -0.05) is 54.1 Å². The monoisotopic (exact) mass is 333 g/mol. The number of fused-ring (bicyclic) bond motifs is 3. The fourth-order valence-corrected chi connectivity index (χ4v) is 4.57. The summed E-state index contributed by atoms with van der Waals surface area (Å²) in [5.41, 5.74) is 4.32. The molecule has 2 aliphatic rings. The van der Waals surface area contributed by atoms with Crippen LogP contribution in [0.15, 0.2) is 48.5 Å². The van der Waals surface area contributed by atoms with E-state index in [1.165, 1.54) is 30.5 Å². The van der Waals surface area contributed by atoms with Crippen LogP contribution in [0.5, 0.6) is 0 Å². The van der Waals surface area contributed by atoms with E-state index in [-0.39, 0.29) is 12.4 Å². The number of likely N-dealkylation sites (tertiary alicyclic amines) is 1. The van der Waals surface area contributed by atoms with Gasteiger partial charge in [0.05, 0.1) is 0 Å². The molecule has 2 unspecified atom stereocenters. The van der Waals surface area contributed by atoms with Gasteiger partial charge in [0.2, 0.25) is 0 Å². The Hall–Kier alpha value is -1.02. The number of halogens is 2. The highest BCUT2D eigenvalue weighted by molar-refractivity contribution is 6.31. The minimum absolute atomic E-state index is 0. The Morgan fingerprint density at radius 3 is 2.32 bits per heavy atom. The molecule has 0 N–H and O–H groups in total. The predicted octanol–water partition coefficient (Wildman–Crippen LogP) is 5.09. The van der Waals surface area contributed by atoms with Crippen LogP contribution < -0.4 is 0 Å². The number of nitrogens with zero attached hydrogens (tertiary/aromatic N) is 1. The summed E-state index contributed by atoms with van der Waals surface area (Å²) >= 11 is 6.49. The molecule has 0 aromatic heterocycles. The van der Waals surface area contributed by atoms with Crippen LogP contribution >= 0.6 is 24.0 Å². The zero-order chi connectivity index (χ0) is 14.4. The van der Waals surface area contributed by atoms with Gasteiger partial charge in [-0.2, -0.15) is 0 Å². The lowest BCUT2D eigenvalue weighted by molar-refractivity contribution is 0.265. The zero-order valence-corrected chi connectivity index (χ0v) is 14.3. The third kappa shape index (κ3) is 2.46. The first-order valence-electron chi connectivity index (χ1n) is 7.79. The van der Waals surface area contributed by atoms with Crippen molar-refractivity contribution in [2.45, 2.75) is 30.7 Å². The topological polar surface area (TPSA) is 3.24 Å². The second kappa shape index (κ2) is 6.23. The Kier molecular flexibility index (Phi) is 4.49. The maximum absolute atomic E-state index is 6.49. The normalized spacial score (nSPS) is 26.9. The predicted molar refractivity (Wildman–Crippen MR) is 95.4 cm³/mol. The average Bonchev–Trinajstić information content (AvgIpc) is 2.89. The first-order chi connectivity index (χ1) is 10.3. The van der Waals surface area contributed by atoms with Crippen LogP contribution in [0.3, 0.4) is 0 Å². The second-order valence-electron chi connectivity index (χ2n) is 6.38. The number of hydrogen-bond donors (Lipinski definition) is 0. The Balaban J connectivity index is 0.00000144. The van der Waals surface area contributed by atoms with Gasteiger partial charge < -0.3 is 4.90 Å². The number of hydrogen-bond acceptors (Lipinski definition) is 1. The molecule has 116 valence electrons. The number of rotatable bonds is 1. The molecule has 0 spiro atoms. The van der Waals surface area contributed by atoms with E-state index in [1.807, 2.05) is 12.1 Å². The van der Waals surface area contributed by atoms with Gasteiger partial charge in [-0.3, -0.25) is 0 Å². The molecular weight excluding hydrogens is 313 g/mol. The molecule has 1 fully saturated rings. The van der Waals surface area contributed by atoms with Crippen molar-refractivity contribution in [1.82, 2.24) is 4.90 Å². The molecule has 4 rings (SSSR count). The SMILES string of the molecule is CN1CCC2c3ccccc3C(c3ccccc3Cl)C[C@@H]21.Cl. The first kappa shape index (κ1) is 15.9. The molecule has 1 nitrogen and oxygen atoms in total. The van der Waals surface area contributed by atoms with Crippen LogP contribution in [-0.4, -0.2) is 24.5 Å². The van der Waals surface area contributed by atoms with E-state index < -0.39 is 0 Å². The molecule has 0 amide bonds. The summed E-state index contributed by atoms with van der Waals surface area (Å²) in [5.74, 6) is 1.13. The van der Waals surface area contributed by atoms with Crippen LogP contribution in [0.1, 0.15) is 41.4 Å². The fraction of sp³-hybridized carbons (Fsp3) is 0.368. The van der Waals surface area contributed by atoms with E-state index in [0.29, 0.717) is 17.9 Å². The van der Waals surface area contributed by atoms with Gasteiger partial charge in [0.15, 0.2) is 0 Å². The van der Waals surface area contributed by atoms with Gasteiger partial charge in [-0.25, -0.2) is 0 Å². The van der Waals surface area contributed by atoms with E-state index in [0.717, 1.165) is 5.02 Å². The van der Waals surface area contributed by atoms with E-state index in [1.54, 1.807) is 5.56 Å². The minimum atomic E-state index is 0. The highest BCUT2D eigenvalue weighted by Crippen LogP contribution is 2.48. The summed E-state index contributed by atoms with van der Waals surface area (Å²) < 4.78 is 0. The van der Waals surface area contributed by atoms with Crippen molar-refractivity contribution < 1.29 is 0 Å². The van der Waals surface area contributed by atoms with E-state index in [9.17, 15) is 0 Å². The number of likely N-dealkylation sites (N-methyl/N-ethyl adjacent to an activating group) is 1. The summed E-state index contributed by atoms with van der Waals surface area (Å²) in [4.78, 5) is 2.53. The van der Waals surface area contributed by atoms with E-state index in [4.69, 9.17) is 11.6 Å². The molecule has 1 aliphatic heterocycles. The molecule has 2 aromatic carbocycles. The Labute approximate surface area is 143 Å². The van der Waals surface area contributed by atoms with Crippen molar-refractivity contribution in [2.75, 3.05) is 13.6 Å². The molecule has 0 radical (unpaired) electrons. The van der Waals surface area contributed by atoms with Crippen molar-refractivity contribution in [2.24, 2.45) is 0 Å². The Bertz CT molecular complexity index is 670. The van der Waals surface area contributed by atoms with E-state index >= 15 is 0 Å². The highest BCUT2D eigenvalue weighted by atomic mass is 35.5. The summed E-state index contributed by atoms with van der Waals surface area (Å²) in [5, 5.41) is 0.899. The standard InChI is InChI=1S/C19H20ClN.ClH/c1-21-11-10-16-13-6-2-3-7-14(13)17(12-19(16)21)15-8-4-5-9-18(15)20;/h2-9,16-17,19H,10-12H2,1H3;1H/t16?,17?,19-;/m0./s1. The summed E-state index contributed by atoms with van der Waals surface area (Å²) in [6.45, 7) is 1.21. The molecule has 0 saturated carbocycles. The number of benzene rings is 2. The van der Waals surface area contributed by atoms with Crippen molar-refractivity contribution in [3.05, 3.63) is 70.2 Å². The molecular formula is C19H21Cl2N. The summed E-state index contributed by atoms with van der Waals surface area (Å²) in [6, 6.07) is 18.0. The van der Waals surface area contributed by atoms with Crippen LogP contribution in [0, 0.1) is 0 Å². The van der Waals surface area contributed by atoms with E-state index in [2.05, 4.69) is 48.3 Å². The van der Waals surface area contributed by atoms with Crippen molar-refractivity contribution in [3.8, 4) is 0 Å². The average molecular weight is 334 g/mol. The van der Waals surface area contributed by atoms with Crippen molar-refractivity contribution in [3.63, 3.8) is 0 Å². The molecule has 22 heavy (non-hydrogen) atoms. The molecule has 2 aromatic rings. The third-order valence-electron chi connectivity index (χ3n) is 5.35. The zero-order valence-electron chi connectivity index (χ0n) is 12.7. The summed E-state index contributed by atoms with van der Waals surface area (Å²) in [6.07, 6.45) is 2.47. The van der Waals surface area contributed by atoms with Gasteiger partial charge in [-0.05, 0) is 49.2 Å². The molecule has 3 atom stereocenters. The van der Waals surface area contributed by atoms with Crippen LogP contribution in [0.25, 0.3) is 0 Å². The van der Waals surface area contributed by atoms with Gasteiger partial charge in [0, 0.05) is 22.9 Å². The molecule has 1 aliphatic carbocycles. The largest absolute Gasteiger partial charge is 0.303 e. The summed E-state index contributed by atoms with van der Waals surface area (Å²) in [7, 11) is 2.27. The maximum atomic E-state index is 6.49. The Morgan fingerprint density at radius 1 is 0.955 bits per heavy atom. The molecule has 1 saturated heterocycles. The lowest BCUT2D eigenvalue weighted by atomic mass is 9.71. The minimum Gasteiger partial charge on any atom is -0.303 e. The molecule has 1 heterocycles. The maximum Gasteiger partial charge on any atom is 0.0444 e. The van der Waals surface area contributed by atoms with Gasteiger partial charge in [0.25, 0.3) is 0 Å².